The van der Waals surface area contributed by atoms with Gasteiger partial charge in [0, 0.05) is 13.1 Å². The second kappa shape index (κ2) is 10.3. The van der Waals surface area contributed by atoms with E-state index in [9.17, 15) is 4.79 Å². The molecule has 0 atom stereocenters. The molecule has 3 aromatic carbocycles. The molecule has 31 heavy (non-hydrogen) atoms. The highest BCUT2D eigenvalue weighted by atomic mass is 16.5. The predicted molar refractivity (Wildman–Crippen MR) is 124 cm³/mol. The SMILES string of the molecule is NCCCN(Cc1ccc2c(c1)CCC2)C(=O)c1ccccc1OCc1ccccc1. The number of nitrogens with two attached hydrogens (primary N) is 1. The number of amides is 1. The van der Waals surface area contributed by atoms with Crippen LogP contribution in [0, 0.1) is 0 Å². The first-order chi connectivity index (χ1) is 15.2. The van der Waals surface area contributed by atoms with Crippen LogP contribution < -0.4 is 10.5 Å². The predicted octanol–water partition coefficient (Wildman–Crippen LogP) is 4.75. The molecule has 0 aliphatic heterocycles. The van der Waals surface area contributed by atoms with Crippen molar-refractivity contribution < 1.29 is 9.53 Å². The van der Waals surface area contributed by atoms with Crippen LogP contribution in [0.3, 0.4) is 0 Å². The van der Waals surface area contributed by atoms with Crippen molar-refractivity contribution in [3.63, 3.8) is 0 Å². The lowest BCUT2D eigenvalue weighted by Crippen LogP contribution is -2.33. The van der Waals surface area contributed by atoms with Crippen LogP contribution >= 0.6 is 0 Å². The van der Waals surface area contributed by atoms with Crippen LogP contribution in [0.5, 0.6) is 5.75 Å². The van der Waals surface area contributed by atoms with Crippen LogP contribution in [-0.4, -0.2) is 23.9 Å². The van der Waals surface area contributed by atoms with E-state index in [1.54, 1.807) is 0 Å². The lowest BCUT2D eigenvalue weighted by Gasteiger charge is -2.24. The van der Waals surface area contributed by atoms with Gasteiger partial charge in [-0.3, -0.25) is 4.79 Å². The van der Waals surface area contributed by atoms with Gasteiger partial charge in [0.1, 0.15) is 12.4 Å². The lowest BCUT2D eigenvalue weighted by molar-refractivity contribution is 0.0737. The van der Waals surface area contributed by atoms with E-state index in [1.807, 2.05) is 59.5 Å². The molecule has 4 heteroatoms. The Bertz CT molecular complexity index is 1020. The van der Waals surface area contributed by atoms with Crippen molar-refractivity contribution >= 4 is 5.91 Å². The summed E-state index contributed by atoms with van der Waals surface area (Å²) in [7, 11) is 0. The van der Waals surface area contributed by atoms with Crippen LogP contribution in [0.2, 0.25) is 0 Å². The third kappa shape index (κ3) is 5.33. The summed E-state index contributed by atoms with van der Waals surface area (Å²) in [4.78, 5) is 15.4. The van der Waals surface area contributed by atoms with Crippen LogP contribution in [0.15, 0.2) is 72.8 Å². The summed E-state index contributed by atoms with van der Waals surface area (Å²) in [6.07, 6.45) is 4.29. The highest BCUT2D eigenvalue weighted by Gasteiger charge is 2.20. The standard InChI is InChI=1S/C27H30N2O2/c28-16-7-17-29(19-22-14-15-23-10-6-11-24(23)18-22)27(30)25-12-4-5-13-26(25)31-20-21-8-2-1-3-9-21/h1-5,8-9,12-15,18H,6-7,10-11,16-17,19-20,28H2. The Hall–Kier alpha value is -3.11. The first-order valence-corrected chi connectivity index (χ1v) is 11.1. The number of carbonyl (C=O) groups is 1. The van der Waals surface area contributed by atoms with Crippen molar-refractivity contribution in [3.05, 3.63) is 101 Å². The summed E-state index contributed by atoms with van der Waals surface area (Å²) in [5.74, 6) is 0.598. The molecular formula is C27H30N2O2. The first kappa shape index (κ1) is 21.1. The van der Waals surface area contributed by atoms with Gasteiger partial charge >= 0.3 is 0 Å². The molecule has 0 saturated carbocycles. The second-order valence-corrected chi connectivity index (χ2v) is 8.10. The largest absolute Gasteiger partial charge is 0.488 e. The van der Waals surface area contributed by atoms with Gasteiger partial charge in [-0.1, -0.05) is 60.7 Å². The highest BCUT2D eigenvalue weighted by Crippen LogP contribution is 2.25. The van der Waals surface area contributed by atoms with Gasteiger partial charge in [-0.15, -0.1) is 0 Å². The Morgan fingerprint density at radius 2 is 1.68 bits per heavy atom. The molecule has 0 heterocycles. The first-order valence-electron chi connectivity index (χ1n) is 11.1. The average Bonchev–Trinajstić information content (AvgIpc) is 3.29. The summed E-state index contributed by atoms with van der Waals surface area (Å²) >= 11 is 0. The molecule has 0 fully saturated rings. The minimum Gasteiger partial charge on any atom is -0.488 e. The number of benzene rings is 3. The summed E-state index contributed by atoms with van der Waals surface area (Å²) in [5, 5.41) is 0. The molecule has 0 bridgehead atoms. The summed E-state index contributed by atoms with van der Waals surface area (Å²) in [5.41, 5.74) is 11.5. The fourth-order valence-electron chi connectivity index (χ4n) is 4.15. The van der Waals surface area contributed by atoms with Crippen LogP contribution in [0.25, 0.3) is 0 Å². The number of carbonyl (C=O) groups excluding carboxylic acids is 1. The van der Waals surface area contributed by atoms with Gasteiger partial charge < -0.3 is 15.4 Å². The fraction of sp³-hybridized carbons (Fsp3) is 0.296. The van der Waals surface area contributed by atoms with Gasteiger partial charge in [0.05, 0.1) is 5.56 Å². The number of hydrogen-bond donors (Lipinski definition) is 1. The van der Waals surface area contributed by atoms with E-state index in [-0.39, 0.29) is 5.91 Å². The van der Waals surface area contributed by atoms with Gasteiger partial charge in [0.25, 0.3) is 5.91 Å². The Morgan fingerprint density at radius 1 is 0.903 bits per heavy atom. The van der Waals surface area contributed by atoms with E-state index in [2.05, 4.69) is 18.2 Å². The number of nitrogens with zero attached hydrogens (tertiary/aromatic N) is 1. The van der Waals surface area contributed by atoms with E-state index in [4.69, 9.17) is 10.5 Å². The van der Waals surface area contributed by atoms with Crippen LogP contribution in [-0.2, 0) is 26.0 Å². The van der Waals surface area contributed by atoms with Crippen molar-refractivity contribution in [2.24, 2.45) is 5.73 Å². The van der Waals surface area contributed by atoms with E-state index in [0.29, 0.717) is 37.6 Å². The number of rotatable bonds is 9. The van der Waals surface area contributed by atoms with E-state index >= 15 is 0 Å². The molecule has 4 rings (SSSR count). The van der Waals surface area contributed by atoms with Crippen LogP contribution in [0.1, 0.15) is 45.5 Å². The number of hydrogen-bond acceptors (Lipinski definition) is 3. The summed E-state index contributed by atoms with van der Waals surface area (Å²) in [6, 6.07) is 24.1. The minimum atomic E-state index is -0.0161. The lowest BCUT2D eigenvalue weighted by atomic mass is 10.1. The molecule has 1 amide bonds. The molecular weight excluding hydrogens is 384 g/mol. The summed E-state index contributed by atoms with van der Waals surface area (Å²) < 4.78 is 6.04. The highest BCUT2D eigenvalue weighted by molar-refractivity contribution is 5.97. The molecule has 0 aromatic heterocycles. The Kier molecular flexibility index (Phi) is 7.00. The molecule has 4 nitrogen and oxygen atoms in total. The van der Waals surface area contributed by atoms with E-state index in [0.717, 1.165) is 24.8 Å². The molecule has 0 unspecified atom stereocenters. The van der Waals surface area contributed by atoms with Gasteiger partial charge in [0.15, 0.2) is 0 Å². The number of aryl methyl sites for hydroxylation is 2. The summed E-state index contributed by atoms with van der Waals surface area (Å²) in [6.45, 7) is 2.19. The Balaban J connectivity index is 1.52. The zero-order valence-corrected chi connectivity index (χ0v) is 17.9. The van der Waals surface area contributed by atoms with Crippen molar-refractivity contribution in [1.29, 1.82) is 0 Å². The fourth-order valence-corrected chi connectivity index (χ4v) is 4.15. The average molecular weight is 415 g/mol. The molecule has 0 saturated heterocycles. The maximum Gasteiger partial charge on any atom is 0.257 e. The van der Waals surface area contributed by atoms with Crippen molar-refractivity contribution in [2.45, 2.75) is 38.8 Å². The van der Waals surface area contributed by atoms with Gasteiger partial charge in [-0.25, -0.2) is 0 Å². The maximum absolute atomic E-state index is 13.5. The number of ether oxygens (including phenoxy) is 1. The Morgan fingerprint density at radius 3 is 2.52 bits per heavy atom. The van der Waals surface area contributed by atoms with Gasteiger partial charge in [-0.05, 0) is 66.6 Å². The maximum atomic E-state index is 13.5. The van der Waals surface area contributed by atoms with E-state index in [1.165, 1.54) is 23.1 Å². The minimum absolute atomic E-state index is 0.0161. The van der Waals surface area contributed by atoms with Crippen molar-refractivity contribution in [1.82, 2.24) is 4.90 Å². The molecule has 2 N–H and O–H groups in total. The molecule has 0 radical (unpaired) electrons. The number of fused-ring (bicyclic) bond motifs is 1. The topological polar surface area (TPSA) is 55.6 Å². The second-order valence-electron chi connectivity index (χ2n) is 8.10. The monoisotopic (exact) mass is 414 g/mol. The van der Waals surface area contributed by atoms with Gasteiger partial charge in [-0.2, -0.15) is 0 Å². The molecule has 0 spiro atoms. The van der Waals surface area contributed by atoms with Crippen molar-refractivity contribution in [2.75, 3.05) is 13.1 Å². The van der Waals surface area contributed by atoms with E-state index < -0.39 is 0 Å². The zero-order valence-electron chi connectivity index (χ0n) is 17.9. The quantitative estimate of drug-likeness (QED) is 0.550. The third-order valence-corrected chi connectivity index (χ3v) is 5.81. The molecule has 1 aliphatic rings. The third-order valence-electron chi connectivity index (χ3n) is 5.81. The van der Waals surface area contributed by atoms with Gasteiger partial charge in [0.2, 0.25) is 0 Å². The number of para-hydroxylation sites is 1. The van der Waals surface area contributed by atoms with Crippen molar-refractivity contribution in [3.8, 4) is 5.75 Å². The molecule has 3 aromatic rings. The molecule has 160 valence electrons. The zero-order chi connectivity index (χ0) is 21.5. The smallest absolute Gasteiger partial charge is 0.257 e. The van der Waals surface area contributed by atoms with Crippen LogP contribution in [0.4, 0.5) is 0 Å². The normalized spacial score (nSPS) is 12.4. The molecule has 1 aliphatic carbocycles. The Labute approximate surface area is 184 Å².